The predicted octanol–water partition coefficient (Wildman–Crippen LogP) is 18.6. The number of rotatable bonds is 4. The minimum Gasteiger partial charge on any atom is -0.308 e. The van der Waals surface area contributed by atoms with Gasteiger partial charge in [0.05, 0.1) is 59.0 Å². The zero-order valence-electron chi connectivity index (χ0n) is 46.4. The average molecular weight is 1010 g/mol. The lowest BCUT2D eigenvalue weighted by atomic mass is 9.54. The molecule has 76 heavy (non-hydrogen) atoms. The van der Waals surface area contributed by atoms with Crippen molar-refractivity contribution >= 4 is 95.2 Å². The lowest BCUT2D eigenvalue weighted by molar-refractivity contribution is 0.0974. The largest absolute Gasteiger partial charge is 0.308 e. The fourth-order valence-electron chi connectivity index (χ4n) is 19.0. The van der Waals surface area contributed by atoms with Gasteiger partial charge in [-0.2, -0.15) is 0 Å². The number of hydrogen-bond acceptors (Lipinski definition) is 2. The average Bonchev–Trinajstić information content (AvgIpc) is 4.21. The van der Waals surface area contributed by atoms with Crippen LogP contribution in [0.1, 0.15) is 206 Å². The number of pyridine rings is 1. The zero-order chi connectivity index (χ0) is 51.7. The first kappa shape index (κ1) is 46.1. The molecular weight excluding hydrogens is 939 g/mol. The van der Waals surface area contributed by atoms with Gasteiger partial charge in [0.25, 0.3) is 0 Å². The van der Waals surface area contributed by atoms with Crippen molar-refractivity contribution in [3.05, 3.63) is 153 Å². The molecule has 17 rings (SSSR count). The fourth-order valence-corrected chi connectivity index (χ4v) is 25.8. The van der Waals surface area contributed by atoms with Crippen LogP contribution in [0.5, 0.6) is 0 Å². The van der Waals surface area contributed by atoms with E-state index in [9.17, 15) is 0 Å². The number of nitrogens with zero attached hydrogens (tertiary/aromatic N) is 3. The van der Waals surface area contributed by atoms with Crippen molar-refractivity contribution in [3.63, 3.8) is 0 Å². The maximum absolute atomic E-state index is 15.5. The number of carbonyl (C=O) groups is 1. The van der Waals surface area contributed by atoms with Crippen LogP contribution < -0.4 is 5.19 Å². The van der Waals surface area contributed by atoms with Gasteiger partial charge in [-0.1, -0.05) is 167 Å². The van der Waals surface area contributed by atoms with Crippen molar-refractivity contribution in [2.75, 3.05) is 0 Å². The van der Waals surface area contributed by atoms with Gasteiger partial charge in [-0.05, 0) is 141 Å². The van der Waals surface area contributed by atoms with E-state index in [0.717, 1.165) is 27.8 Å². The van der Waals surface area contributed by atoms with Crippen molar-refractivity contribution in [2.24, 2.45) is 0 Å². The Bertz CT molecular complexity index is 4240. The van der Waals surface area contributed by atoms with E-state index in [1.807, 2.05) is 0 Å². The van der Waals surface area contributed by atoms with E-state index >= 15 is 4.79 Å². The second-order valence-corrected chi connectivity index (χ2v) is 33.3. The molecule has 0 radical (unpaired) electrons. The van der Waals surface area contributed by atoms with Crippen molar-refractivity contribution in [1.29, 1.82) is 0 Å². The summed E-state index contributed by atoms with van der Waals surface area (Å²) < 4.78 is 5.30. The van der Waals surface area contributed by atoms with E-state index in [2.05, 4.69) is 174 Å². The van der Waals surface area contributed by atoms with Crippen molar-refractivity contribution < 1.29 is 4.79 Å². The van der Waals surface area contributed by atoms with E-state index in [-0.39, 0.29) is 33.9 Å². The Morgan fingerprint density at radius 3 is 1.55 bits per heavy atom. The van der Waals surface area contributed by atoms with Crippen LogP contribution in [0, 0.1) is 0 Å². The highest BCUT2D eigenvalue weighted by atomic mass is 28.3. The molecule has 382 valence electrons. The molecule has 11 aromatic rings. The number of ketones is 1. The molecule has 2 fully saturated rings. The molecule has 2 spiro atoms. The molecule has 2 bridgehead atoms. The molecule has 0 saturated heterocycles. The van der Waals surface area contributed by atoms with E-state index < -0.39 is 8.07 Å². The molecule has 0 aliphatic heterocycles. The topological polar surface area (TPSA) is 38.8 Å². The quantitative estimate of drug-likeness (QED) is 0.165. The molecule has 5 heteroatoms. The first-order valence-corrected chi connectivity index (χ1v) is 32.0. The number of fused-ring (bicyclic) bond motifs is 16. The van der Waals surface area contributed by atoms with Gasteiger partial charge in [0.1, 0.15) is 0 Å². The number of aromatic nitrogens is 3. The molecule has 6 aromatic carbocycles. The first-order chi connectivity index (χ1) is 36.7. The van der Waals surface area contributed by atoms with Gasteiger partial charge in [0.2, 0.25) is 0 Å². The van der Waals surface area contributed by atoms with Gasteiger partial charge in [0.15, 0.2) is 5.78 Å². The first-order valence-electron chi connectivity index (χ1n) is 29.8. The molecule has 0 N–H and O–H groups in total. The summed E-state index contributed by atoms with van der Waals surface area (Å²) in [6.07, 6.45) is 18.2. The van der Waals surface area contributed by atoms with Crippen molar-refractivity contribution in [1.82, 2.24) is 13.8 Å². The third-order valence-corrected chi connectivity index (χ3v) is 29.2. The van der Waals surface area contributed by atoms with E-state index in [1.165, 1.54) is 165 Å². The third-order valence-electron chi connectivity index (χ3n) is 22.2. The number of hydrogen-bond donors (Lipinski definition) is 0. The van der Waals surface area contributed by atoms with Crippen LogP contribution >= 0.6 is 0 Å². The Morgan fingerprint density at radius 1 is 0.513 bits per heavy atom. The van der Waals surface area contributed by atoms with E-state index in [1.54, 1.807) is 16.1 Å². The highest BCUT2D eigenvalue weighted by molar-refractivity contribution is 6.95. The van der Waals surface area contributed by atoms with E-state index in [0.29, 0.717) is 16.6 Å². The molecule has 0 atom stereocenters. The molecule has 5 heterocycles. The molecule has 0 amide bonds. The van der Waals surface area contributed by atoms with Gasteiger partial charge >= 0.3 is 0 Å². The monoisotopic (exact) mass is 1010 g/mol. The molecule has 6 aliphatic carbocycles. The van der Waals surface area contributed by atoms with Crippen LogP contribution in [-0.2, 0) is 16.2 Å². The summed E-state index contributed by atoms with van der Waals surface area (Å²) in [7, 11) is -2.15. The molecule has 5 aromatic heterocycles. The Balaban J connectivity index is 1.06. The summed E-state index contributed by atoms with van der Waals surface area (Å²) in [5.74, 6) is -0.102. The minimum absolute atomic E-state index is 0.00422. The summed E-state index contributed by atoms with van der Waals surface area (Å²) >= 11 is 0. The van der Waals surface area contributed by atoms with Gasteiger partial charge in [0, 0.05) is 60.0 Å². The van der Waals surface area contributed by atoms with E-state index in [4.69, 9.17) is 4.98 Å². The highest BCUT2D eigenvalue weighted by Crippen LogP contribution is 2.60. The Kier molecular flexibility index (Phi) is 9.32. The Hall–Kier alpha value is -6.04. The van der Waals surface area contributed by atoms with Gasteiger partial charge < -0.3 is 8.80 Å². The third kappa shape index (κ3) is 5.57. The molecular formula is C71H73N3OSi. The Morgan fingerprint density at radius 2 is 0.987 bits per heavy atom. The summed E-state index contributed by atoms with van der Waals surface area (Å²) in [6, 6.07) is 38.1. The van der Waals surface area contributed by atoms with Crippen LogP contribution in [-0.4, -0.2) is 27.6 Å². The highest BCUT2D eigenvalue weighted by Gasteiger charge is 2.51. The SMILES string of the molecule is CC(C)[Si](c1cc2c3cc4c(cc3n3c5cnc6c(c5c(c1)c23)C1(CCCCC1)CCC61CCCCC1)c1cc(C(C)(C)C)cc2c3cc5c(cc3n4c21)C(=O)C1c2ccccc2C5c2ccccc21)(C(C)C)C(C)C. The van der Waals surface area contributed by atoms with Crippen LogP contribution in [0.3, 0.4) is 0 Å². The summed E-state index contributed by atoms with van der Waals surface area (Å²) in [5.41, 5.74) is 21.1. The molecule has 4 nitrogen and oxygen atoms in total. The minimum atomic E-state index is -2.15. The molecule has 0 unspecified atom stereocenters. The summed E-state index contributed by atoms with van der Waals surface area (Å²) in [6.45, 7) is 22.4. The van der Waals surface area contributed by atoms with Gasteiger partial charge in [-0.3, -0.25) is 9.78 Å². The zero-order valence-corrected chi connectivity index (χ0v) is 47.4. The van der Waals surface area contributed by atoms with Gasteiger partial charge in [-0.15, -0.1) is 0 Å². The second-order valence-electron chi connectivity index (χ2n) is 27.4. The standard InChI is InChI=1S/C71H73N3OSi/c1-39(2)76(40(3)4,41(5)6)43-32-54-50-36-57-49(35-58(50)74-60-38-72-68-64(63(60)56(33-43)66(54)74)70(24-16-10-17-25-70)28-29-71(68)26-18-11-19-27-71)53-31-42(69(7,8)9)30-52-48-34-51-55(37-59(48)73(57)65(52)53)67(75)62-46-22-14-12-20-44(46)61(51)45-21-13-15-23-47(45)62/h12-15,20-23,30-41,61-62H,10-11,16-19,24-29H2,1-9H3. The van der Waals surface area contributed by atoms with Gasteiger partial charge in [-0.25, -0.2) is 0 Å². The second kappa shape index (κ2) is 15.4. The van der Waals surface area contributed by atoms with Crippen LogP contribution in [0.25, 0.3) is 76.2 Å². The van der Waals surface area contributed by atoms with Crippen molar-refractivity contribution in [2.45, 2.75) is 184 Å². The summed E-state index contributed by atoms with van der Waals surface area (Å²) in [5, 5.41) is 12.6. The maximum Gasteiger partial charge on any atom is 0.175 e. The molecule has 6 aliphatic rings. The molecule has 2 saturated carbocycles. The number of Topliss-reactive ketones (excluding diaryl/α,β-unsaturated/α-hetero) is 1. The summed E-state index contributed by atoms with van der Waals surface area (Å²) in [4.78, 5) is 21.4. The fraction of sp³-hybridized carbons (Fsp3) is 0.408. The smallest absolute Gasteiger partial charge is 0.175 e. The van der Waals surface area contributed by atoms with Crippen molar-refractivity contribution in [3.8, 4) is 0 Å². The lowest BCUT2D eigenvalue weighted by Gasteiger charge is -2.50. The van der Waals surface area contributed by atoms with Crippen LogP contribution in [0.4, 0.5) is 0 Å². The van der Waals surface area contributed by atoms with Crippen LogP contribution in [0.15, 0.2) is 103 Å². The maximum atomic E-state index is 15.5. The number of benzene rings is 6. The lowest BCUT2D eigenvalue weighted by Crippen LogP contribution is -2.55. The predicted molar refractivity (Wildman–Crippen MR) is 322 cm³/mol. The number of carbonyl (C=O) groups excluding carboxylic acids is 1. The van der Waals surface area contributed by atoms with Crippen LogP contribution in [0.2, 0.25) is 16.6 Å². The Labute approximate surface area is 449 Å². The normalized spacial score (nSPS) is 20.4.